The van der Waals surface area contributed by atoms with E-state index in [4.69, 9.17) is 11.6 Å². The summed E-state index contributed by atoms with van der Waals surface area (Å²) in [5.74, 6) is 5.10. The highest BCUT2D eigenvalue weighted by Gasteiger charge is 2.05. The molecule has 0 fully saturated rings. The summed E-state index contributed by atoms with van der Waals surface area (Å²) in [6.45, 7) is 2.81. The maximum atomic E-state index is 5.57. The van der Waals surface area contributed by atoms with Crippen molar-refractivity contribution in [3.05, 3.63) is 65.9 Å². The lowest BCUT2D eigenvalue weighted by atomic mass is 10.1. The number of nitrogens with one attached hydrogen (secondary N) is 2. The topological polar surface area (TPSA) is 79.9 Å². The van der Waals surface area contributed by atoms with Crippen LogP contribution in [-0.2, 0) is 6.42 Å². The van der Waals surface area contributed by atoms with Crippen LogP contribution < -0.4 is 17.0 Å². The number of aromatic amines is 1. The van der Waals surface area contributed by atoms with Crippen LogP contribution in [-0.4, -0.2) is 11.5 Å². The van der Waals surface area contributed by atoms with Crippen LogP contribution in [0.2, 0.25) is 0 Å². The molecule has 3 rings (SSSR count). The molecule has 21 heavy (non-hydrogen) atoms. The maximum Gasteiger partial charge on any atom is 0.0485 e. The lowest BCUT2D eigenvalue weighted by Gasteiger charge is -1.96. The van der Waals surface area contributed by atoms with E-state index < -0.39 is 0 Å². The number of benzene rings is 2. The summed E-state index contributed by atoms with van der Waals surface area (Å²) in [5, 5.41) is 1.31. The Hall–Kier alpha value is -2.30. The molecule has 0 aliphatic rings. The molecule has 6 N–H and O–H groups in total. The second-order valence-electron chi connectivity index (χ2n) is 4.82. The van der Waals surface area contributed by atoms with Crippen LogP contribution in [0.5, 0.6) is 0 Å². The third kappa shape index (κ3) is 3.84. The molecule has 2 aromatic carbocycles. The molecule has 4 nitrogen and oxygen atoms in total. The Bertz CT molecular complexity index is 674. The number of rotatable bonds is 3. The van der Waals surface area contributed by atoms with E-state index in [0.29, 0.717) is 6.54 Å². The summed E-state index contributed by atoms with van der Waals surface area (Å²) in [6, 6.07) is 18.0. The fraction of sp³-hybridized carbons (Fsp3) is 0.176. The summed E-state index contributed by atoms with van der Waals surface area (Å²) in [5.41, 5.74) is 12.8. The third-order valence-electron chi connectivity index (χ3n) is 3.36. The summed E-state index contributed by atoms with van der Waals surface area (Å²) < 4.78 is 0. The van der Waals surface area contributed by atoms with Crippen molar-refractivity contribution in [2.75, 3.05) is 12.0 Å². The number of anilines is 1. The van der Waals surface area contributed by atoms with E-state index in [0.717, 1.165) is 12.1 Å². The van der Waals surface area contributed by atoms with E-state index in [1.807, 2.05) is 36.4 Å². The fourth-order valence-electron chi connectivity index (χ4n) is 2.34. The lowest BCUT2D eigenvalue weighted by Crippen LogP contribution is -2.05. The first-order valence-electron chi connectivity index (χ1n) is 7.04. The molecule has 0 aliphatic carbocycles. The molecule has 0 radical (unpaired) electrons. The van der Waals surface area contributed by atoms with Gasteiger partial charge in [0.05, 0.1) is 0 Å². The monoisotopic (exact) mass is 282 g/mol. The highest BCUT2D eigenvalue weighted by molar-refractivity contribution is 5.84. The predicted molar refractivity (Wildman–Crippen MR) is 90.0 cm³/mol. The molecule has 0 bridgehead atoms. The number of aryl methyl sites for hydroxylation is 1. The first-order chi connectivity index (χ1) is 10.3. The van der Waals surface area contributed by atoms with Crippen LogP contribution >= 0.6 is 0 Å². The predicted octanol–water partition coefficient (Wildman–Crippen LogP) is 2.95. The summed E-state index contributed by atoms with van der Waals surface area (Å²) in [7, 11) is 0. The summed E-state index contributed by atoms with van der Waals surface area (Å²) in [4.78, 5) is 3.36. The van der Waals surface area contributed by atoms with Crippen molar-refractivity contribution in [3.63, 3.8) is 0 Å². The molecular formula is C17H22N4. The van der Waals surface area contributed by atoms with E-state index in [-0.39, 0.29) is 0 Å². The zero-order valence-corrected chi connectivity index (χ0v) is 12.3. The minimum absolute atomic E-state index is 0.711. The quantitative estimate of drug-likeness (QED) is 0.440. The molecule has 0 amide bonds. The Kier molecular flexibility index (Phi) is 5.37. The van der Waals surface area contributed by atoms with Gasteiger partial charge >= 0.3 is 0 Å². The number of nitrogens with two attached hydrogens (primary N) is 2. The number of H-pyrrole nitrogens is 1. The average molecular weight is 282 g/mol. The lowest BCUT2D eigenvalue weighted by molar-refractivity contribution is 0.963. The van der Waals surface area contributed by atoms with Crippen LogP contribution in [0, 0.1) is 6.92 Å². The summed E-state index contributed by atoms with van der Waals surface area (Å²) >= 11 is 0. The van der Waals surface area contributed by atoms with Gasteiger partial charge in [0.2, 0.25) is 0 Å². The first kappa shape index (κ1) is 15.1. The van der Waals surface area contributed by atoms with E-state index in [9.17, 15) is 0 Å². The minimum Gasteiger partial charge on any atom is -0.358 e. The molecular weight excluding hydrogens is 260 g/mol. The number of hydrazine groups is 1. The molecule has 1 heterocycles. The van der Waals surface area contributed by atoms with Gasteiger partial charge in [0, 0.05) is 22.3 Å². The van der Waals surface area contributed by atoms with Crippen molar-refractivity contribution >= 4 is 16.6 Å². The smallest absolute Gasteiger partial charge is 0.0485 e. The number of para-hydroxylation sites is 2. The van der Waals surface area contributed by atoms with Crippen molar-refractivity contribution in [3.8, 4) is 0 Å². The number of hydrogen-bond donors (Lipinski definition) is 4. The standard InChI is InChI=1S/C11H14N2.C6H8N2/c1-8-9(6-7-12)10-4-2-3-5-11(10)13-8;7-8-6-4-2-1-3-5-6/h2-5,13H,6-7,12H2,1H3;1-5,8H,7H2. The minimum atomic E-state index is 0.711. The molecule has 0 spiro atoms. The first-order valence-corrected chi connectivity index (χ1v) is 7.04. The Morgan fingerprint density at radius 2 is 1.67 bits per heavy atom. The van der Waals surface area contributed by atoms with E-state index in [1.165, 1.54) is 22.2 Å². The molecule has 0 atom stereocenters. The van der Waals surface area contributed by atoms with Gasteiger partial charge in [-0.2, -0.15) is 0 Å². The van der Waals surface area contributed by atoms with Crippen molar-refractivity contribution in [2.24, 2.45) is 11.6 Å². The third-order valence-corrected chi connectivity index (χ3v) is 3.36. The molecule has 0 unspecified atom stereocenters. The van der Waals surface area contributed by atoms with Crippen LogP contribution in [0.25, 0.3) is 10.9 Å². The largest absolute Gasteiger partial charge is 0.358 e. The number of fused-ring (bicyclic) bond motifs is 1. The Morgan fingerprint density at radius 1 is 1.00 bits per heavy atom. The van der Waals surface area contributed by atoms with Gasteiger partial charge in [-0.05, 0) is 43.7 Å². The van der Waals surface area contributed by atoms with Crippen molar-refractivity contribution in [1.29, 1.82) is 0 Å². The molecule has 4 heteroatoms. The maximum absolute atomic E-state index is 5.57. The van der Waals surface area contributed by atoms with Crippen molar-refractivity contribution in [2.45, 2.75) is 13.3 Å². The SMILES string of the molecule is Cc1[nH]c2ccccc2c1CCN.NNc1ccccc1. The van der Waals surface area contributed by atoms with Gasteiger partial charge in [-0.3, -0.25) is 5.84 Å². The van der Waals surface area contributed by atoms with Gasteiger partial charge < -0.3 is 16.1 Å². The molecule has 0 saturated heterocycles. The van der Waals surface area contributed by atoms with Gasteiger partial charge in [0.1, 0.15) is 0 Å². The van der Waals surface area contributed by atoms with E-state index >= 15 is 0 Å². The highest BCUT2D eigenvalue weighted by Crippen LogP contribution is 2.21. The van der Waals surface area contributed by atoms with E-state index in [1.54, 1.807) is 0 Å². The number of nitrogen functional groups attached to an aromatic ring is 1. The van der Waals surface area contributed by atoms with Crippen LogP contribution in [0.4, 0.5) is 5.69 Å². The van der Waals surface area contributed by atoms with Crippen molar-refractivity contribution < 1.29 is 0 Å². The molecule has 0 saturated carbocycles. The zero-order chi connectivity index (χ0) is 15.1. The second kappa shape index (κ2) is 7.47. The van der Waals surface area contributed by atoms with Gasteiger partial charge in [-0.15, -0.1) is 0 Å². The molecule has 1 aromatic heterocycles. The van der Waals surface area contributed by atoms with Gasteiger partial charge in [0.15, 0.2) is 0 Å². The van der Waals surface area contributed by atoms with Crippen LogP contribution in [0.15, 0.2) is 54.6 Å². The van der Waals surface area contributed by atoms with Gasteiger partial charge in [-0.25, -0.2) is 0 Å². The normalized spacial score (nSPS) is 10.0. The zero-order valence-electron chi connectivity index (χ0n) is 12.3. The number of aromatic nitrogens is 1. The van der Waals surface area contributed by atoms with Crippen LogP contribution in [0.1, 0.15) is 11.3 Å². The summed E-state index contributed by atoms with van der Waals surface area (Å²) in [6.07, 6.45) is 0.954. The van der Waals surface area contributed by atoms with Crippen molar-refractivity contribution in [1.82, 2.24) is 4.98 Å². The second-order valence-corrected chi connectivity index (χ2v) is 4.82. The Morgan fingerprint density at radius 3 is 2.29 bits per heavy atom. The average Bonchev–Trinajstić information content (AvgIpc) is 2.85. The molecule has 110 valence electrons. The Labute approximate surface area is 125 Å². The van der Waals surface area contributed by atoms with Gasteiger partial charge in [-0.1, -0.05) is 36.4 Å². The highest BCUT2D eigenvalue weighted by atomic mass is 15.2. The number of hydrogen-bond acceptors (Lipinski definition) is 3. The van der Waals surface area contributed by atoms with E-state index in [2.05, 4.69) is 35.5 Å². The molecule has 0 aliphatic heterocycles. The van der Waals surface area contributed by atoms with Crippen LogP contribution in [0.3, 0.4) is 0 Å². The van der Waals surface area contributed by atoms with Gasteiger partial charge in [0.25, 0.3) is 0 Å². The fourth-order valence-corrected chi connectivity index (χ4v) is 2.34. The molecule has 3 aromatic rings. The Balaban J connectivity index is 0.000000173.